The summed E-state index contributed by atoms with van der Waals surface area (Å²) in [6, 6.07) is 1.57. The highest BCUT2D eigenvalue weighted by molar-refractivity contribution is 5.97. The summed E-state index contributed by atoms with van der Waals surface area (Å²) >= 11 is 0. The molecule has 1 aromatic heterocycles. The fourth-order valence-corrected chi connectivity index (χ4v) is 1.15. The lowest BCUT2D eigenvalue weighted by Gasteiger charge is -2.16. The average Bonchev–Trinajstić information content (AvgIpc) is 2.16. The lowest BCUT2D eigenvalue weighted by Crippen LogP contribution is -2.26. The van der Waals surface area contributed by atoms with Crippen molar-refractivity contribution in [1.82, 2.24) is 4.98 Å². The van der Waals surface area contributed by atoms with E-state index in [1.165, 1.54) is 13.1 Å². The number of nitrogens with zero attached hydrogens (tertiary/aromatic N) is 1. The van der Waals surface area contributed by atoms with E-state index in [4.69, 9.17) is 4.74 Å². The highest BCUT2D eigenvalue weighted by atomic mass is 16.5. The van der Waals surface area contributed by atoms with Crippen LogP contribution in [0.4, 0.5) is 5.82 Å². The summed E-state index contributed by atoms with van der Waals surface area (Å²) in [5, 5.41) is 2.54. The molecule has 0 atom stereocenters. The number of ether oxygens (including phenoxy) is 1. The molecular weight excluding hydrogens is 184 g/mol. The van der Waals surface area contributed by atoms with Gasteiger partial charge in [-0.15, -0.1) is 0 Å². The second-order valence-electron chi connectivity index (χ2n) is 2.96. The standard InChI is InChI=1S/C9H8N2O3/c1-5(12)6-2-7-9(10-3-6)11-8(13)4-14-7/h2-3H,4H2,1H3,(H,10,11,13). The minimum absolute atomic E-state index is 0.0317. The van der Waals surface area contributed by atoms with E-state index in [1.54, 1.807) is 6.07 Å². The van der Waals surface area contributed by atoms with Gasteiger partial charge in [0.05, 0.1) is 0 Å². The van der Waals surface area contributed by atoms with E-state index in [9.17, 15) is 9.59 Å². The van der Waals surface area contributed by atoms with Gasteiger partial charge in [0.1, 0.15) is 0 Å². The summed E-state index contributed by atoms with van der Waals surface area (Å²) in [4.78, 5) is 25.8. The van der Waals surface area contributed by atoms with Crippen molar-refractivity contribution in [2.45, 2.75) is 6.92 Å². The Labute approximate surface area is 80.1 Å². The Kier molecular flexibility index (Phi) is 1.92. The van der Waals surface area contributed by atoms with Crippen molar-refractivity contribution in [1.29, 1.82) is 0 Å². The number of nitrogens with one attached hydrogen (secondary N) is 1. The van der Waals surface area contributed by atoms with E-state index in [0.29, 0.717) is 17.1 Å². The van der Waals surface area contributed by atoms with Crippen LogP contribution in [0.5, 0.6) is 5.75 Å². The van der Waals surface area contributed by atoms with E-state index >= 15 is 0 Å². The number of aromatic nitrogens is 1. The molecule has 72 valence electrons. The normalized spacial score (nSPS) is 13.9. The maximum Gasteiger partial charge on any atom is 0.263 e. The van der Waals surface area contributed by atoms with Crippen molar-refractivity contribution in [3.05, 3.63) is 17.8 Å². The lowest BCUT2D eigenvalue weighted by molar-refractivity contribution is -0.118. The molecule has 0 saturated carbocycles. The van der Waals surface area contributed by atoms with Crippen molar-refractivity contribution in [2.24, 2.45) is 0 Å². The largest absolute Gasteiger partial charge is 0.480 e. The molecule has 0 spiro atoms. The SMILES string of the molecule is CC(=O)c1cnc2c(c1)OCC(=O)N2. The zero-order valence-corrected chi connectivity index (χ0v) is 7.53. The number of amides is 1. The van der Waals surface area contributed by atoms with Gasteiger partial charge in [-0.25, -0.2) is 4.98 Å². The first kappa shape index (κ1) is 8.68. The van der Waals surface area contributed by atoms with Crippen LogP contribution in [0, 0.1) is 0 Å². The van der Waals surface area contributed by atoms with Crippen LogP contribution in [0.15, 0.2) is 12.3 Å². The van der Waals surface area contributed by atoms with E-state index < -0.39 is 0 Å². The number of rotatable bonds is 1. The number of carbonyl (C=O) groups is 2. The van der Waals surface area contributed by atoms with Gasteiger partial charge in [-0.05, 0) is 13.0 Å². The minimum atomic E-state index is -0.236. The lowest BCUT2D eigenvalue weighted by atomic mass is 10.2. The first-order valence-corrected chi connectivity index (χ1v) is 4.10. The first-order chi connectivity index (χ1) is 6.66. The Balaban J connectivity index is 2.41. The summed E-state index contributed by atoms with van der Waals surface area (Å²) in [6.45, 7) is 1.42. The second-order valence-corrected chi connectivity index (χ2v) is 2.96. The first-order valence-electron chi connectivity index (χ1n) is 4.10. The zero-order valence-electron chi connectivity index (χ0n) is 7.53. The summed E-state index contributed by atoms with van der Waals surface area (Å²) in [7, 11) is 0. The van der Waals surface area contributed by atoms with Crippen molar-refractivity contribution >= 4 is 17.5 Å². The molecule has 2 rings (SSSR count). The number of pyridine rings is 1. The molecule has 1 aromatic rings. The van der Waals surface area contributed by atoms with Gasteiger partial charge in [-0.3, -0.25) is 9.59 Å². The van der Waals surface area contributed by atoms with Crippen LogP contribution >= 0.6 is 0 Å². The number of carbonyl (C=O) groups excluding carboxylic acids is 2. The van der Waals surface area contributed by atoms with Gasteiger partial charge in [-0.2, -0.15) is 0 Å². The van der Waals surface area contributed by atoms with E-state index in [-0.39, 0.29) is 18.3 Å². The number of anilines is 1. The van der Waals surface area contributed by atoms with Gasteiger partial charge < -0.3 is 10.1 Å². The van der Waals surface area contributed by atoms with E-state index in [1.807, 2.05) is 0 Å². The highest BCUT2D eigenvalue weighted by Crippen LogP contribution is 2.25. The molecule has 1 N–H and O–H groups in total. The third-order valence-electron chi connectivity index (χ3n) is 1.88. The van der Waals surface area contributed by atoms with Crippen LogP contribution in [0.3, 0.4) is 0 Å². The molecule has 0 saturated heterocycles. The molecule has 1 amide bonds. The zero-order chi connectivity index (χ0) is 10.1. The monoisotopic (exact) mass is 192 g/mol. The molecule has 0 fully saturated rings. The Morgan fingerprint density at radius 3 is 3.14 bits per heavy atom. The molecule has 0 bridgehead atoms. The molecule has 2 heterocycles. The average molecular weight is 192 g/mol. The molecule has 5 nitrogen and oxygen atoms in total. The van der Waals surface area contributed by atoms with E-state index in [0.717, 1.165) is 0 Å². The maximum atomic E-state index is 11.0. The third-order valence-corrected chi connectivity index (χ3v) is 1.88. The minimum Gasteiger partial charge on any atom is -0.480 e. The van der Waals surface area contributed by atoms with Gasteiger partial charge in [0, 0.05) is 11.8 Å². The van der Waals surface area contributed by atoms with Gasteiger partial charge in [0.15, 0.2) is 24.0 Å². The number of hydrogen-bond acceptors (Lipinski definition) is 4. The summed E-state index contributed by atoms with van der Waals surface area (Å²) in [6.07, 6.45) is 1.41. The van der Waals surface area contributed by atoms with Crippen molar-refractivity contribution < 1.29 is 14.3 Å². The third kappa shape index (κ3) is 1.44. The molecule has 1 aliphatic rings. The molecule has 0 aromatic carbocycles. The topological polar surface area (TPSA) is 68.3 Å². The fraction of sp³-hybridized carbons (Fsp3) is 0.222. The fourth-order valence-electron chi connectivity index (χ4n) is 1.15. The molecule has 0 unspecified atom stereocenters. The Bertz CT molecular complexity index is 415. The summed E-state index contributed by atoms with van der Waals surface area (Å²) in [5.74, 6) is 0.491. The van der Waals surface area contributed by atoms with Crippen molar-refractivity contribution in [2.75, 3.05) is 11.9 Å². The Hall–Kier alpha value is -1.91. The van der Waals surface area contributed by atoms with E-state index in [2.05, 4.69) is 10.3 Å². The predicted octanol–water partition coefficient (Wildman–Crippen LogP) is 0.615. The molecular formula is C9H8N2O3. The molecule has 5 heteroatoms. The predicted molar refractivity (Wildman–Crippen MR) is 48.4 cm³/mol. The smallest absolute Gasteiger partial charge is 0.263 e. The van der Waals surface area contributed by atoms with Gasteiger partial charge in [-0.1, -0.05) is 0 Å². The van der Waals surface area contributed by atoms with Crippen LogP contribution in [0.2, 0.25) is 0 Å². The van der Waals surface area contributed by atoms with Gasteiger partial charge in [0.2, 0.25) is 0 Å². The molecule has 0 radical (unpaired) electrons. The van der Waals surface area contributed by atoms with Crippen molar-refractivity contribution in [3.8, 4) is 5.75 Å². The Morgan fingerprint density at radius 2 is 2.43 bits per heavy atom. The highest BCUT2D eigenvalue weighted by Gasteiger charge is 2.17. The number of fused-ring (bicyclic) bond motifs is 1. The van der Waals surface area contributed by atoms with Gasteiger partial charge in [0.25, 0.3) is 5.91 Å². The molecule has 14 heavy (non-hydrogen) atoms. The number of ketones is 1. The maximum absolute atomic E-state index is 11.0. The van der Waals surface area contributed by atoms with Crippen molar-refractivity contribution in [3.63, 3.8) is 0 Å². The van der Waals surface area contributed by atoms with Crippen LogP contribution in [-0.2, 0) is 4.79 Å². The summed E-state index contributed by atoms with van der Waals surface area (Å²) < 4.78 is 5.10. The summed E-state index contributed by atoms with van der Waals surface area (Å²) in [5.41, 5.74) is 0.472. The van der Waals surface area contributed by atoms with Crippen LogP contribution in [0.25, 0.3) is 0 Å². The quantitative estimate of drug-likeness (QED) is 0.662. The van der Waals surface area contributed by atoms with Crippen LogP contribution in [-0.4, -0.2) is 23.3 Å². The molecule has 0 aliphatic carbocycles. The van der Waals surface area contributed by atoms with Gasteiger partial charge >= 0.3 is 0 Å². The number of Topliss-reactive ketones (excluding diaryl/α,β-unsaturated/α-hetero) is 1. The van der Waals surface area contributed by atoms with Crippen LogP contribution < -0.4 is 10.1 Å². The molecule has 1 aliphatic heterocycles. The Morgan fingerprint density at radius 1 is 1.64 bits per heavy atom. The number of hydrogen-bond donors (Lipinski definition) is 1. The van der Waals surface area contributed by atoms with Crippen LogP contribution in [0.1, 0.15) is 17.3 Å². The second kappa shape index (κ2) is 3.10.